The van der Waals surface area contributed by atoms with Gasteiger partial charge in [0.15, 0.2) is 5.16 Å². The Morgan fingerprint density at radius 3 is 2.62 bits per heavy atom. The zero-order valence-corrected chi connectivity index (χ0v) is 19.0. The monoisotopic (exact) mass is 429 g/mol. The Bertz CT molecular complexity index is 997. The Morgan fingerprint density at radius 2 is 1.93 bits per heavy atom. The van der Waals surface area contributed by atoms with E-state index in [1.165, 1.54) is 11.8 Å². The molecule has 1 aromatic heterocycles. The van der Waals surface area contributed by atoms with Crippen LogP contribution in [0.2, 0.25) is 5.02 Å². The Balaban J connectivity index is 1.81. The molecule has 3 aromatic rings. The van der Waals surface area contributed by atoms with Gasteiger partial charge in [-0.1, -0.05) is 68.3 Å². The van der Waals surface area contributed by atoms with Crippen molar-refractivity contribution in [3.63, 3.8) is 0 Å². The Hall–Kier alpha value is -1.98. The average Bonchev–Trinajstić information content (AvgIpc) is 3.04. The van der Waals surface area contributed by atoms with Crippen molar-refractivity contribution < 1.29 is 4.79 Å². The van der Waals surface area contributed by atoms with E-state index in [1.807, 2.05) is 50.2 Å². The van der Waals surface area contributed by atoms with Crippen molar-refractivity contribution in [3.8, 4) is 0 Å². The van der Waals surface area contributed by atoms with E-state index in [0.717, 1.165) is 41.1 Å². The molecule has 0 radical (unpaired) electrons. The SMILES string of the molecule is CCC(CC)Cn1c(SC(C)C(=O)Nc2ccc(C)cc2Cl)nc2ccccc21. The van der Waals surface area contributed by atoms with Gasteiger partial charge in [0.1, 0.15) is 0 Å². The highest BCUT2D eigenvalue weighted by atomic mass is 35.5. The lowest BCUT2D eigenvalue weighted by atomic mass is 10.0. The highest BCUT2D eigenvalue weighted by Gasteiger charge is 2.21. The van der Waals surface area contributed by atoms with Gasteiger partial charge in [-0.25, -0.2) is 4.98 Å². The van der Waals surface area contributed by atoms with E-state index in [2.05, 4.69) is 29.8 Å². The van der Waals surface area contributed by atoms with E-state index in [-0.39, 0.29) is 11.2 Å². The number of halogens is 1. The first-order valence-electron chi connectivity index (χ1n) is 10.1. The van der Waals surface area contributed by atoms with E-state index in [9.17, 15) is 4.79 Å². The number of aromatic nitrogens is 2. The van der Waals surface area contributed by atoms with Crippen molar-refractivity contribution in [1.82, 2.24) is 9.55 Å². The minimum absolute atomic E-state index is 0.0816. The third-order valence-corrected chi connectivity index (χ3v) is 6.65. The van der Waals surface area contributed by atoms with Crippen LogP contribution in [0.1, 0.15) is 39.2 Å². The topological polar surface area (TPSA) is 46.9 Å². The Labute approximate surface area is 182 Å². The summed E-state index contributed by atoms with van der Waals surface area (Å²) in [6.07, 6.45) is 2.24. The molecule has 3 rings (SSSR count). The van der Waals surface area contributed by atoms with Crippen LogP contribution in [-0.4, -0.2) is 20.7 Å². The highest BCUT2D eigenvalue weighted by molar-refractivity contribution is 8.00. The summed E-state index contributed by atoms with van der Waals surface area (Å²) in [5.74, 6) is 0.504. The second-order valence-electron chi connectivity index (χ2n) is 7.41. The van der Waals surface area contributed by atoms with Gasteiger partial charge in [-0.05, 0) is 49.6 Å². The van der Waals surface area contributed by atoms with Crippen LogP contribution in [-0.2, 0) is 11.3 Å². The van der Waals surface area contributed by atoms with Crippen LogP contribution in [0, 0.1) is 12.8 Å². The van der Waals surface area contributed by atoms with Gasteiger partial charge in [-0.15, -0.1) is 0 Å². The van der Waals surface area contributed by atoms with Gasteiger partial charge in [-0.3, -0.25) is 4.79 Å². The molecule has 6 heteroatoms. The van der Waals surface area contributed by atoms with Crippen molar-refractivity contribution in [1.29, 1.82) is 0 Å². The molecule has 0 aliphatic carbocycles. The molecule has 0 aliphatic heterocycles. The first-order valence-corrected chi connectivity index (χ1v) is 11.4. The number of rotatable bonds is 8. The summed E-state index contributed by atoms with van der Waals surface area (Å²) >= 11 is 7.76. The summed E-state index contributed by atoms with van der Waals surface area (Å²) in [5, 5.41) is 4.08. The minimum atomic E-state index is -0.301. The van der Waals surface area contributed by atoms with E-state index in [4.69, 9.17) is 16.6 Å². The van der Waals surface area contributed by atoms with Gasteiger partial charge in [0.05, 0.1) is 27.0 Å². The number of amides is 1. The first kappa shape index (κ1) is 21.7. The van der Waals surface area contributed by atoms with E-state index >= 15 is 0 Å². The third kappa shape index (κ3) is 5.14. The van der Waals surface area contributed by atoms with Crippen LogP contribution >= 0.6 is 23.4 Å². The maximum atomic E-state index is 12.8. The molecule has 1 amide bonds. The van der Waals surface area contributed by atoms with Crippen molar-refractivity contribution in [3.05, 3.63) is 53.1 Å². The van der Waals surface area contributed by atoms with Crippen LogP contribution in [0.25, 0.3) is 11.0 Å². The van der Waals surface area contributed by atoms with Crippen LogP contribution < -0.4 is 5.32 Å². The van der Waals surface area contributed by atoms with E-state index in [1.54, 1.807) is 0 Å². The fourth-order valence-corrected chi connectivity index (χ4v) is 4.51. The fraction of sp³-hybridized carbons (Fsp3) is 0.391. The van der Waals surface area contributed by atoms with E-state index in [0.29, 0.717) is 16.6 Å². The van der Waals surface area contributed by atoms with Crippen molar-refractivity contribution in [2.24, 2.45) is 5.92 Å². The lowest BCUT2D eigenvalue weighted by Crippen LogP contribution is -2.23. The molecule has 1 unspecified atom stereocenters. The lowest BCUT2D eigenvalue weighted by molar-refractivity contribution is -0.115. The molecule has 0 spiro atoms. The Kier molecular flexibility index (Phi) is 7.25. The number of para-hydroxylation sites is 2. The molecule has 154 valence electrons. The predicted molar refractivity (Wildman–Crippen MR) is 124 cm³/mol. The lowest BCUT2D eigenvalue weighted by Gasteiger charge is -2.18. The van der Waals surface area contributed by atoms with Gasteiger partial charge < -0.3 is 9.88 Å². The van der Waals surface area contributed by atoms with Crippen molar-refractivity contribution in [2.45, 2.75) is 57.5 Å². The number of carbonyl (C=O) groups excluding carboxylic acids is 1. The second kappa shape index (κ2) is 9.68. The van der Waals surface area contributed by atoms with Crippen molar-refractivity contribution >= 4 is 46.0 Å². The smallest absolute Gasteiger partial charge is 0.237 e. The van der Waals surface area contributed by atoms with Gasteiger partial charge in [0.2, 0.25) is 5.91 Å². The number of benzene rings is 2. The highest BCUT2D eigenvalue weighted by Crippen LogP contribution is 2.30. The molecule has 1 atom stereocenters. The molecule has 0 saturated heterocycles. The molecule has 0 bridgehead atoms. The second-order valence-corrected chi connectivity index (χ2v) is 9.12. The molecule has 1 heterocycles. The largest absolute Gasteiger partial charge is 0.324 e. The summed E-state index contributed by atoms with van der Waals surface area (Å²) in [7, 11) is 0. The standard InChI is InChI=1S/C23H28ClN3OS/c1-5-17(6-2)14-27-21-10-8-7-9-20(21)26-23(27)29-16(4)22(28)25-19-12-11-15(3)13-18(19)24/h7-13,16-17H,5-6,14H2,1-4H3,(H,25,28). The number of fused-ring (bicyclic) bond motifs is 1. The number of carbonyl (C=O) groups is 1. The maximum Gasteiger partial charge on any atom is 0.237 e. The number of hydrogen-bond acceptors (Lipinski definition) is 3. The third-order valence-electron chi connectivity index (χ3n) is 5.25. The van der Waals surface area contributed by atoms with E-state index < -0.39 is 0 Å². The zero-order chi connectivity index (χ0) is 21.0. The number of aryl methyl sites for hydroxylation is 1. The van der Waals surface area contributed by atoms with Gasteiger partial charge >= 0.3 is 0 Å². The zero-order valence-electron chi connectivity index (χ0n) is 17.4. The fourth-order valence-electron chi connectivity index (χ4n) is 3.29. The molecule has 1 N–H and O–H groups in total. The summed E-state index contributed by atoms with van der Waals surface area (Å²) in [6, 6.07) is 13.8. The Morgan fingerprint density at radius 1 is 1.21 bits per heavy atom. The van der Waals surface area contributed by atoms with Gasteiger partial charge in [0, 0.05) is 6.54 Å². The molecule has 0 aliphatic rings. The summed E-state index contributed by atoms with van der Waals surface area (Å²) in [5.41, 5.74) is 3.79. The average molecular weight is 430 g/mol. The van der Waals surface area contributed by atoms with Gasteiger partial charge in [-0.2, -0.15) is 0 Å². The molecule has 0 fully saturated rings. The number of hydrogen-bond donors (Lipinski definition) is 1. The first-order chi connectivity index (χ1) is 13.9. The molecular weight excluding hydrogens is 402 g/mol. The van der Waals surface area contributed by atoms with Crippen LogP contribution in [0.5, 0.6) is 0 Å². The molecule has 29 heavy (non-hydrogen) atoms. The number of anilines is 1. The van der Waals surface area contributed by atoms with Gasteiger partial charge in [0.25, 0.3) is 0 Å². The number of thioether (sulfide) groups is 1. The maximum absolute atomic E-state index is 12.8. The number of nitrogens with zero attached hydrogens (tertiary/aromatic N) is 2. The quantitative estimate of drug-likeness (QED) is 0.413. The number of nitrogens with one attached hydrogen (secondary N) is 1. The van der Waals surface area contributed by atoms with Crippen LogP contribution in [0.15, 0.2) is 47.6 Å². The molecular formula is C23H28ClN3OS. The molecule has 0 saturated carbocycles. The van der Waals surface area contributed by atoms with Crippen molar-refractivity contribution in [2.75, 3.05) is 5.32 Å². The predicted octanol–water partition coefficient (Wildman–Crippen LogP) is 6.55. The summed E-state index contributed by atoms with van der Waals surface area (Å²) < 4.78 is 2.26. The van der Waals surface area contributed by atoms with Crippen LogP contribution in [0.3, 0.4) is 0 Å². The van der Waals surface area contributed by atoms with Crippen LogP contribution in [0.4, 0.5) is 5.69 Å². The number of imidazole rings is 1. The molecule has 4 nitrogen and oxygen atoms in total. The molecule has 2 aromatic carbocycles. The summed E-state index contributed by atoms with van der Waals surface area (Å²) in [6.45, 7) is 9.24. The normalized spacial score (nSPS) is 12.5. The summed E-state index contributed by atoms with van der Waals surface area (Å²) in [4.78, 5) is 17.6. The minimum Gasteiger partial charge on any atom is -0.324 e.